The quantitative estimate of drug-likeness (QED) is 0.773. The Bertz CT molecular complexity index is 506. The second-order valence-corrected chi connectivity index (χ2v) is 4.14. The van der Waals surface area contributed by atoms with Crippen molar-refractivity contribution in [2.75, 3.05) is 0 Å². The molecule has 0 heterocycles. The van der Waals surface area contributed by atoms with E-state index in [0.717, 1.165) is 16.7 Å². The lowest BCUT2D eigenvalue weighted by Crippen LogP contribution is -1.98. The monoisotopic (exact) mass is 230 g/mol. The minimum atomic E-state index is -0.302. The molecule has 0 saturated carbocycles. The highest BCUT2D eigenvalue weighted by atomic mass is 19.1. The molecule has 0 spiro atoms. The molecule has 0 N–H and O–H groups in total. The maximum Gasteiger partial charge on any atom is 0.165 e. The molecule has 2 rings (SSSR count). The fourth-order valence-electron chi connectivity index (χ4n) is 1.60. The van der Waals surface area contributed by atoms with E-state index in [9.17, 15) is 4.39 Å². The molecule has 88 valence electrons. The maximum absolute atomic E-state index is 13.6. The highest BCUT2D eigenvalue weighted by molar-refractivity contribution is 5.35. The zero-order valence-electron chi connectivity index (χ0n) is 10.0. The van der Waals surface area contributed by atoms with E-state index in [1.54, 1.807) is 6.07 Å². The van der Waals surface area contributed by atoms with Crippen LogP contribution < -0.4 is 4.74 Å². The summed E-state index contributed by atoms with van der Waals surface area (Å²) in [5.74, 6) is 0.0148. The van der Waals surface area contributed by atoms with Crippen molar-refractivity contribution in [3.05, 3.63) is 65.0 Å². The predicted octanol–water partition coefficient (Wildman–Crippen LogP) is 4.02. The Balaban J connectivity index is 2.12. The molecule has 0 aliphatic rings. The molecule has 0 radical (unpaired) electrons. The SMILES string of the molecule is Cc1cc(F)c(OCc2ccccc2)cc1C. The topological polar surface area (TPSA) is 9.23 Å². The molecule has 2 aromatic rings. The van der Waals surface area contributed by atoms with Gasteiger partial charge in [0.05, 0.1) is 0 Å². The van der Waals surface area contributed by atoms with E-state index in [-0.39, 0.29) is 5.82 Å². The molecule has 0 bridgehead atoms. The Morgan fingerprint density at radius 2 is 1.65 bits per heavy atom. The Kier molecular flexibility index (Phi) is 3.43. The largest absolute Gasteiger partial charge is 0.486 e. The van der Waals surface area contributed by atoms with E-state index in [2.05, 4.69) is 0 Å². The molecule has 0 unspecified atom stereocenters. The van der Waals surface area contributed by atoms with Crippen molar-refractivity contribution in [3.63, 3.8) is 0 Å². The summed E-state index contributed by atoms with van der Waals surface area (Å²) in [6, 6.07) is 13.0. The highest BCUT2D eigenvalue weighted by Crippen LogP contribution is 2.22. The van der Waals surface area contributed by atoms with Crippen LogP contribution in [0.2, 0.25) is 0 Å². The molecule has 0 aliphatic carbocycles. The molecular formula is C15H15FO. The van der Waals surface area contributed by atoms with E-state index in [4.69, 9.17) is 4.74 Å². The number of ether oxygens (including phenoxy) is 1. The molecule has 0 atom stereocenters. The van der Waals surface area contributed by atoms with Crippen LogP contribution in [0.4, 0.5) is 4.39 Å². The van der Waals surface area contributed by atoms with Crippen molar-refractivity contribution in [2.24, 2.45) is 0 Å². The van der Waals surface area contributed by atoms with Crippen LogP contribution in [0.3, 0.4) is 0 Å². The summed E-state index contributed by atoms with van der Waals surface area (Å²) in [6.45, 7) is 4.23. The summed E-state index contributed by atoms with van der Waals surface area (Å²) >= 11 is 0. The molecule has 0 aliphatic heterocycles. The van der Waals surface area contributed by atoms with Gasteiger partial charge < -0.3 is 4.74 Å². The number of benzene rings is 2. The van der Waals surface area contributed by atoms with Gasteiger partial charge in [0.25, 0.3) is 0 Å². The van der Waals surface area contributed by atoms with Crippen LogP contribution in [0.1, 0.15) is 16.7 Å². The lowest BCUT2D eigenvalue weighted by Gasteiger charge is -2.09. The summed E-state index contributed by atoms with van der Waals surface area (Å²) in [7, 11) is 0. The smallest absolute Gasteiger partial charge is 0.165 e. The average Bonchev–Trinajstić information content (AvgIpc) is 2.33. The van der Waals surface area contributed by atoms with Gasteiger partial charge in [0.1, 0.15) is 6.61 Å². The van der Waals surface area contributed by atoms with Crippen LogP contribution in [-0.4, -0.2) is 0 Å². The van der Waals surface area contributed by atoms with Crippen LogP contribution in [0.5, 0.6) is 5.75 Å². The van der Waals surface area contributed by atoms with Gasteiger partial charge in [0, 0.05) is 0 Å². The van der Waals surface area contributed by atoms with E-state index >= 15 is 0 Å². The summed E-state index contributed by atoms with van der Waals surface area (Å²) < 4.78 is 19.1. The second-order valence-electron chi connectivity index (χ2n) is 4.14. The Hall–Kier alpha value is -1.83. The molecule has 0 amide bonds. The molecule has 0 saturated heterocycles. The van der Waals surface area contributed by atoms with Crippen molar-refractivity contribution in [3.8, 4) is 5.75 Å². The molecule has 0 fully saturated rings. The number of hydrogen-bond acceptors (Lipinski definition) is 1. The Morgan fingerprint density at radius 1 is 1.00 bits per heavy atom. The van der Waals surface area contributed by atoms with Gasteiger partial charge in [0.2, 0.25) is 0 Å². The fourth-order valence-corrected chi connectivity index (χ4v) is 1.60. The summed E-state index contributed by atoms with van der Waals surface area (Å²) in [6.07, 6.45) is 0. The van der Waals surface area contributed by atoms with Crippen LogP contribution in [0.25, 0.3) is 0 Å². The standard InChI is InChI=1S/C15H15FO/c1-11-8-14(16)15(9-12(11)2)17-10-13-6-4-3-5-7-13/h3-9H,10H2,1-2H3. The van der Waals surface area contributed by atoms with Gasteiger partial charge in [-0.25, -0.2) is 4.39 Å². The zero-order chi connectivity index (χ0) is 12.3. The summed E-state index contributed by atoms with van der Waals surface area (Å²) in [4.78, 5) is 0. The molecule has 0 aromatic heterocycles. The molecule has 17 heavy (non-hydrogen) atoms. The number of rotatable bonds is 3. The van der Waals surface area contributed by atoms with E-state index in [0.29, 0.717) is 12.4 Å². The number of hydrogen-bond donors (Lipinski definition) is 0. The minimum Gasteiger partial charge on any atom is -0.486 e. The van der Waals surface area contributed by atoms with E-state index in [1.807, 2.05) is 44.2 Å². The minimum absolute atomic E-state index is 0.302. The van der Waals surface area contributed by atoms with Crippen molar-refractivity contribution >= 4 is 0 Å². The van der Waals surface area contributed by atoms with Crippen molar-refractivity contribution in [1.82, 2.24) is 0 Å². The van der Waals surface area contributed by atoms with Crippen LogP contribution >= 0.6 is 0 Å². The van der Waals surface area contributed by atoms with E-state index < -0.39 is 0 Å². The lowest BCUT2D eigenvalue weighted by molar-refractivity contribution is 0.290. The second kappa shape index (κ2) is 5.00. The molecular weight excluding hydrogens is 215 g/mol. The van der Waals surface area contributed by atoms with Gasteiger partial charge in [-0.2, -0.15) is 0 Å². The predicted molar refractivity (Wildman–Crippen MR) is 66.6 cm³/mol. The lowest BCUT2D eigenvalue weighted by atomic mass is 10.1. The van der Waals surface area contributed by atoms with Gasteiger partial charge in [-0.15, -0.1) is 0 Å². The van der Waals surface area contributed by atoms with Crippen molar-refractivity contribution in [1.29, 1.82) is 0 Å². The third kappa shape index (κ3) is 2.84. The van der Waals surface area contributed by atoms with Crippen molar-refractivity contribution < 1.29 is 9.13 Å². The first kappa shape index (κ1) is 11.6. The fraction of sp³-hybridized carbons (Fsp3) is 0.200. The first-order valence-corrected chi connectivity index (χ1v) is 5.60. The maximum atomic E-state index is 13.6. The summed E-state index contributed by atoms with van der Waals surface area (Å²) in [5, 5.41) is 0. The van der Waals surface area contributed by atoms with Crippen molar-refractivity contribution in [2.45, 2.75) is 20.5 Å². The first-order valence-electron chi connectivity index (χ1n) is 5.60. The first-order chi connectivity index (χ1) is 8.16. The van der Waals surface area contributed by atoms with Gasteiger partial charge in [-0.05, 0) is 42.7 Å². The Morgan fingerprint density at radius 3 is 2.35 bits per heavy atom. The molecule has 2 aromatic carbocycles. The van der Waals surface area contributed by atoms with Gasteiger partial charge in [-0.3, -0.25) is 0 Å². The van der Waals surface area contributed by atoms with Gasteiger partial charge in [0.15, 0.2) is 11.6 Å². The molecule has 1 nitrogen and oxygen atoms in total. The Labute approximate surface area is 101 Å². The van der Waals surface area contributed by atoms with Crippen LogP contribution in [-0.2, 0) is 6.61 Å². The van der Waals surface area contributed by atoms with Crippen LogP contribution in [0, 0.1) is 19.7 Å². The van der Waals surface area contributed by atoms with Gasteiger partial charge >= 0.3 is 0 Å². The number of halogens is 1. The van der Waals surface area contributed by atoms with E-state index in [1.165, 1.54) is 6.07 Å². The number of aryl methyl sites for hydroxylation is 2. The highest BCUT2D eigenvalue weighted by Gasteiger charge is 2.06. The zero-order valence-corrected chi connectivity index (χ0v) is 10.0. The average molecular weight is 230 g/mol. The van der Waals surface area contributed by atoms with Crippen LogP contribution in [0.15, 0.2) is 42.5 Å². The normalized spacial score (nSPS) is 10.3. The van der Waals surface area contributed by atoms with Gasteiger partial charge in [-0.1, -0.05) is 30.3 Å². The third-order valence-corrected chi connectivity index (χ3v) is 2.79. The molecule has 2 heteroatoms. The third-order valence-electron chi connectivity index (χ3n) is 2.79. The summed E-state index contributed by atoms with van der Waals surface area (Å²) in [5.41, 5.74) is 3.01.